The van der Waals surface area contributed by atoms with Crippen molar-refractivity contribution in [1.29, 1.82) is 0 Å². The third-order valence-electron chi connectivity index (χ3n) is 4.66. The van der Waals surface area contributed by atoms with E-state index in [1.807, 2.05) is 17.9 Å². The van der Waals surface area contributed by atoms with E-state index in [0.717, 1.165) is 5.56 Å². The van der Waals surface area contributed by atoms with Crippen molar-refractivity contribution < 1.29 is 14.0 Å². The predicted molar refractivity (Wildman–Crippen MR) is 99.3 cm³/mol. The smallest absolute Gasteiger partial charge is 0.257 e. The Morgan fingerprint density at radius 1 is 1.41 bits per heavy atom. The Labute approximate surface area is 156 Å². The maximum absolute atomic E-state index is 12.5. The molecule has 0 bridgehead atoms. The van der Waals surface area contributed by atoms with Crippen molar-refractivity contribution in [2.24, 2.45) is 0 Å². The van der Waals surface area contributed by atoms with E-state index in [1.54, 1.807) is 19.5 Å². The van der Waals surface area contributed by atoms with Gasteiger partial charge < -0.3 is 20.0 Å². The van der Waals surface area contributed by atoms with E-state index < -0.39 is 5.91 Å². The van der Waals surface area contributed by atoms with Crippen LogP contribution in [0.3, 0.4) is 0 Å². The number of nitrogens with zero attached hydrogens (tertiary/aromatic N) is 1. The zero-order chi connectivity index (χ0) is 19.4. The summed E-state index contributed by atoms with van der Waals surface area (Å²) in [6.45, 7) is 5.24. The van der Waals surface area contributed by atoms with Crippen LogP contribution in [0, 0.1) is 6.92 Å². The first kappa shape index (κ1) is 18.9. The topological polar surface area (TPSA) is 107 Å². The summed E-state index contributed by atoms with van der Waals surface area (Å²) in [5.41, 5.74) is 1.41. The Bertz CT molecular complexity index is 859. The van der Waals surface area contributed by atoms with Crippen LogP contribution in [-0.4, -0.2) is 46.9 Å². The lowest BCUT2D eigenvalue weighted by molar-refractivity contribution is -0.125. The molecule has 1 aliphatic heterocycles. The molecule has 2 atom stereocenters. The molecule has 0 spiro atoms. The number of furan rings is 1. The van der Waals surface area contributed by atoms with Crippen LogP contribution in [0.2, 0.25) is 0 Å². The lowest BCUT2D eigenvalue weighted by Crippen LogP contribution is -2.42. The highest BCUT2D eigenvalue weighted by atomic mass is 16.3. The van der Waals surface area contributed by atoms with Gasteiger partial charge in [-0.05, 0) is 26.3 Å². The number of likely N-dealkylation sites (tertiary alicyclic amines) is 1. The van der Waals surface area contributed by atoms with E-state index in [2.05, 4.69) is 15.6 Å². The molecule has 0 aliphatic carbocycles. The summed E-state index contributed by atoms with van der Waals surface area (Å²) < 4.78 is 5.10. The number of amides is 2. The minimum absolute atomic E-state index is 0.0640. The molecule has 2 amide bonds. The van der Waals surface area contributed by atoms with Gasteiger partial charge in [-0.1, -0.05) is 0 Å². The Morgan fingerprint density at radius 2 is 2.22 bits per heavy atom. The summed E-state index contributed by atoms with van der Waals surface area (Å²) in [6.07, 6.45) is 5.15. The van der Waals surface area contributed by atoms with E-state index in [-0.39, 0.29) is 29.0 Å². The summed E-state index contributed by atoms with van der Waals surface area (Å²) in [4.78, 5) is 41.8. The normalized spacial score (nSPS) is 19.8. The molecule has 2 aromatic rings. The fraction of sp³-hybridized carbons (Fsp3) is 0.421. The molecular weight excluding hydrogens is 348 g/mol. The number of nitrogens with one attached hydrogen (secondary N) is 3. The Balaban J connectivity index is 1.71. The van der Waals surface area contributed by atoms with Gasteiger partial charge in [0.2, 0.25) is 5.91 Å². The second-order valence-corrected chi connectivity index (χ2v) is 6.77. The first-order chi connectivity index (χ1) is 13.0. The summed E-state index contributed by atoms with van der Waals surface area (Å²) >= 11 is 0. The quantitative estimate of drug-likeness (QED) is 0.695. The number of hydrogen-bond acceptors (Lipinski definition) is 5. The van der Waals surface area contributed by atoms with Crippen LogP contribution in [0.15, 0.2) is 40.1 Å². The van der Waals surface area contributed by atoms with Crippen molar-refractivity contribution in [3.8, 4) is 0 Å². The lowest BCUT2D eigenvalue weighted by Gasteiger charge is -2.22. The summed E-state index contributed by atoms with van der Waals surface area (Å²) in [5, 5.41) is 5.73. The Kier molecular flexibility index (Phi) is 5.75. The van der Waals surface area contributed by atoms with E-state index in [9.17, 15) is 14.4 Å². The van der Waals surface area contributed by atoms with Gasteiger partial charge in [0.15, 0.2) is 5.43 Å². The fourth-order valence-electron chi connectivity index (χ4n) is 3.38. The van der Waals surface area contributed by atoms with Crippen molar-refractivity contribution in [2.75, 3.05) is 13.1 Å². The van der Waals surface area contributed by atoms with Crippen molar-refractivity contribution >= 4 is 11.8 Å². The number of carbonyl (C=O) groups excluding carboxylic acids is 2. The third-order valence-corrected chi connectivity index (χ3v) is 4.66. The van der Waals surface area contributed by atoms with Crippen LogP contribution in [0.5, 0.6) is 0 Å². The molecule has 0 unspecified atom stereocenters. The first-order valence-electron chi connectivity index (χ1n) is 9.01. The minimum atomic E-state index is -0.430. The van der Waals surface area contributed by atoms with Crippen molar-refractivity contribution in [3.63, 3.8) is 0 Å². The van der Waals surface area contributed by atoms with Crippen LogP contribution in [0.4, 0.5) is 0 Å². The van der Waals surface area contributed by atoms with Crippen LogP contribution >= 0.6 is 0 Å². The number of carbonyl (C=O) groups is 2. The molecule has 1 fully saturated rings. The Morgan fingerprint density at radius 3 is 2.89 bits per heavy atom. The zero-order valence-corrected chi connectivity index (χ0v) is 15.5. The zero-order valence-electron chi connectivity index (χ0n) is 15.5. The molecular formula is C19H24N4O4. The van der Waals surface area contributed by atoms with Crippen LogP contribution in [-0.2, 0) is 11.3 Å². The molecule has 0 aromatic carbocycles. The highest BCUT2D eigenvalue weighted by Gasteiger charge is 2.37. The monoisotopic (exact) mass is 372 g/mol. The average Bonchev–Trinajstić information content (AvgIpc) is 3.25. The number of pyridine rings is 1. The van der Waals surface area contributed by atoms with Gasteiger partial charge in [-0.25, -0.2) is 0 Å². The minimum Gasteiger partial charge on any atom is -0.472 e. The van der Waals surface area contributed by atoms with Gasteiger partial charge in [0.1, 0.15) is 5.56 Å². The van der Waals surface area contributed by atoms with Gasteiger partial charge in [-0.2, -0.15) is 0 Å². The molecule has 1 saturated heterocycles. The summed E-state index contributed by atoms with van der Waals surface area (Å²) in [6, 6.07) is 2.68. The SMILES string of the molecule is CCNC(=O)[C@@H]1C[C@H](NC(=O)c2c[nH]c(C)cc2=O)CN1Cc1ccoc1. The van der Waals surface area contributed by atoms with Gasteiger partial charge in [0, 0.05) is 49.2 Å². The molecule has 8 nitrogen and oxygen atoms in total. The van der Waals surface area contributed by atoms with Gasteiger partial charge >= 0.3 is 0 Å². The second kappa shape index (κ2) is 8.22. The molecule has 3 heterocycles. The molecule has 0 saturated carbocycles. The van der Waals surface area contributed by atoms with Gasteiger partial charge in [0.05, 0.1) is 18.6 Å². The van der Waals surface area contributed by atoms with E-state index >= 15 is 0 Å². The van der Waals surface area contributed by atoms with E-state index in [4.69, 9.17) is 4.42 Å². The highest BCUT2D eigenvalue weighted by Crippen LogP contribution is 2.21. The molecule has 1 aliphatic rings. The van der Waals surface area contributed by atoms with Crippen molar-refractivity contribution in [2.45, 2.75) is 38.9 Å². The van der Waals surface area contributed by atoms with Crippen LogP contribution in [0.1, 0.15) is 35.0 Å². The maximum Gasteiger partial charge on any atom is 0.257 e. The standard InChI is InChI=1S/C19H24N4O4/c1-3-20-19(26)16-7-14(10-23(16)9-13-4-5-27-11-13)22-18(25)15-8-21-12(2)6-17(15)24/h4-6,8,11,14,16H,3,7,9-10H2,1-2H3,(H,20,26)(H,21,24)(H,22,25)/t14-,16-/m0/s1. The van der Waals surface area contributed by atoms with Crippen LogP contribution in [0.25, 0.3) is 0 Å². The molecule has 27 heavy (non-hydrogen) atoms. The molecule has 8 heteroatoms. The molecule has 144 valence electrons. The number of H-pyrrole nitrogens is 1. The summed E-state index contributed by atoms with van der Waals surface area (Å²) in [5.74, 6) is -0.494. The van der Waals surface area contributed by atoms with Gasteiger partial charge in [0.25, 0.3) is 5.91 Å². The fourth-order valence-corrected chi connectivity index (χ4v) is 3.38. The van der Waals surface area contributed by atoms with E-state index in [1.165, 1.54) is 12.3 Å². The lowest BCUT2D eigenvalue weighted by atomic mass is 10.1. The molecule has 2 aromatic heterocycles. The summed E-state index contributed by atoms with van der Waals surface area (Å²) in [7, 11) is 0. The largest absolute Gasteiger partial charge is 0.472 e. The molecule has 3 rings (SSSR count). The number of likely N-dealkylation sites (N-methyl/N-ethyl adjacent to an activating group) is 1. The van der Waals surface area contributed by atoms with Crippen LogP contribution < -0.4 is 16.1 Å². The van der Waals surface area contributed by atoms with Gasteiger partial charge in [-0.3, -0.25) is 19.3 Å². The predicted octanol–water partition coefficient (Wildman–Crippen LogP) is 0.785. The second-order valence-electron chi connectivity index (χ2n) is 6.77. The Hall–Kier alpha value is -2.87. The maximum atomic E-state index is 12.5. The highest BCUT2D eigenvalue weighted by molar-refractivity contribution is 5.94. The van der Waals surface area contributed by atoms with Gasteiger partial charge in [-0.15, -0.1) is 0 Å². The van der Waals surface area contributed by atoms with Crippen molar-refractivity contribution in [3.05, 3.63) is 57.9 Å². The number of aromatic amines is 1. The number of hydrogen-bond donors (Lipinski definition) is 3. The average molecular weight is 372 g/mol. The molecule has 3 N–H and O–H groups in total. The number of aromatic nitrogens is 1. The van der Waals surface area contributed by atoms with E-state index in [0.29, 0.717) is 31.7 Å². The number of rotatable bonds is 6. The molecule has 0 radical (unpaired) electrons. The van der Waals surface area contributed by atoms with Crippen molar-refractivity contribution in [1.82, 2.24) is 20.5 Å². The number of aryl methyl sites for hydroxylation is 1. The first-order valence-corrected chi connectivity index (χ1v) is 9.01. The third kappa shape index (κ3) is 4.46.